The summed E-state index contributed by atoms with van der Waals surface area (Å²) in [6.07, 6.45) is 1.64. The number of pyridine rings is 2. The lowest BCUT2D eigenvalue weighted by Gasteiger charge is -2.21. The average Bonchev–Trinajstić information content (AvgIpc) is 2.63. The van der Waals surface area contributed by atoms with Gasteiger partial charge in [-0.15, -0.1) is 0 Å². The molecular formula is C19H19N3O2. The van der Waals surface area contributed by atoms with Crippen LogP contribution >= 0.6 is 0 Å². The summed E-state index contributed by atoms with van der Waals surface area (Å²) in [5.41, 5.74) is 1.46. The van der Waals surface area contributed by atoms with Gasteiger partial charge in [-0.05, 0) is 30.7 Å². The maximum Gasteiger partial charge on any atom is 0.264 e. The summed E-state index contributed by atoms with van der Waals surface area (Å²) in [5, 5.41) is 0.777. The predicted octanol–water partition coefficient (Wildman–Crippen LogP) is 2.60. The van der Waals surface area contributed by atoms with Gasteiger partial charge in [0.05, 0.1) is 0 Å². The molecule has 0 radical (unpaired) electrons. The van der Waals surface area contributed by atoms with Crippen molar-refractivity contribution >= 4 is 16.9 Å². The van der Waals surface area contributed by atoms with Crippen LogP contribution < -0.4 is 5.56 Å². The third-order valence-corrected chi connectivity index (χ3v) is 4.09. The molecule has 0 unspecified atom stereocenters. The summed E-state index contributed by atoms with van der Waals surface area (Å²) in [4.78, 5) is 31.3. The number of rotatable bonds is 4. The zero-order valence-corrected chi connectivity index (χ0v) is 13.8. The molecule has 0 N–H and O–H groups in total. The number of amides is 1. The van der Waals surface area contributed by atoms with Crippen LogP contribution in [0.3, 0.4) is 0 Å². The quantitative estimate of drug-likeness (QED) is 0.742. The standard InChI is InChI=1S/C19H19N3O2/c1-3-22(13-14-8-5-4-6-9-14)19(24)16-12-15-10-7-11-20-17(15)21(2)18(16)23/h4-12H,3,13H2,1-2H3. The highest BCUT2D eigenvalue weighted by molar-refractivity contribution is 5.96. The minimum absolute atomic E-state index is 0.177. The van der Waals surface area contributed by atoms with Crippen LogP contribution in [0.4, 0.5) is 0 Å². The van der Waals surface area contributed by atoms with Gasteiger partial charge in [-0.1, -0.05) is 30.3 Å². The highest BCUT2D eigenvalue weighted by Crippen LogP contribution is 2.13. The largest absolute Gasteiger partial charge is 0.334 e. The van der Waals surface area contributed by atoms with Gasteiger partial charge in [-0.2, -0.15) is 0 Å². The molecular weight excluding hydrogens is 302 g/mol. The molecule has 0 spiro atoms. The van der Waals surface area contributed by atoms with Gasteiger partial charge in [0.15, 0.2) is 0 Å². The summed E-state index contributed by atoms with van der Waals surface area (Å²) in [6, 6.07) is 15.0. The van der Waals surface area contributed by atoms with Crippen molar-refractivity contribution in [2.75, 3.05) is 6.54 Å². The Morgan fingerprint density at radius 1 is 1.17 bits per heavy atom. The monoisotopic (exact) mass is 321 g/mol. The zero-order chi connectivity index (χ0) is 17.1. The fourth-order valence-corrected chi connectivity index (χ4v) is 2.75. The van der Waals surface area contributed by atoms with Gasteiger partial charge < -0.3 is 4.90 Å². The first-order valence-corrected chi connectivity index (χ1v) is 7.89. The Morgan fingerprint density at radius 2 is 1.92 bits per heavy atom. The molecule has 0 bridgehead atoms. The fourth-order valence-electron chi connectivity index (χ4n) is 2.75. The van der Waals surface area contributed by atoms with Crippen molar-refractivity contribution in [3.63, 3.8) is 0 Å². The zero-order valence-electron chi connectivity index (χ0n) is 13.8. The topological polar surface area (TPSA) is 55.2 Å². The van der Waals surface area contributed by atoms with Gasteiger partial charge in [0, 0.05) is 31.7 Å². The van der Waals surface area contributed by atoms with E-state index < -0.39 is 0 Å². The van der Waals surface area contributed by atoms with Crippen molar-refractivity contribution in [2.45, 2.75) is 13.5 Å². The summed E-state index contributed by atoms with van der Waals surface area (Å²) in [6.45, 7) is 2.92. The van der Waals surface area contributed by atoms with Gasteiger partial charge >= 0.3 is 0 Å². The SMILES string of the molecule is CCN(Cc1ccccc1)C(=O)c1cc2cccnc2n(C)c1=O. The first-order valence-electron chi connectivity index (χ1n) is 7.89. The Hall–Kier alpha value is -2.95. The molecule has 0 saturated carbocycles. The molecule has 5 heteroatoms. The Morgan fingerprint density at radius 3 is 2.62 bits per heavy atom. The van der Waals surface area contributed by atoms with Crippen LogP contribution in [0.25, 0.3) is 11.0 Å². The van der Waals surface area contributed by atoms with Crippen molar-refractivity contribution in [2.24, 2.45) is 7.05 Å². The second-order valence-corrected chi connectivity index (χ2v) is 5.64. The van der Waals surface area contributed by atoms with Crippen molar-refractivity contribution in [3.8, 4) is 0 Å². The Kier molecular flexibility index (Phi) is 4.42. The van der Waals surface area contributed by atoms with E-state index in [-0.39, 0.29) is 17.0 Å². The molecule has 122 valence electrons. The summed E-state index contributed by atoms with van der Waals surface area (Å²) in [7, 11) is 1.64. The molecule has 0 aliphatic carbocycles. The molecule has 0 fully saturated rings. The number of aromatic nitrogens is 2. The highest BCUT2D eigenvalue weighted by Gasteiger charge is 2.20. The molecule has 1 amide bonds. The number of aryl methyl sites for hydroxylation is 1. The molecule has 3 aromatic rings. The average molecular weight is 321 g/mol. The normalized spacial score (nSPS) is 10.8. The first kappa shape index (κ1) is 15.9. The Labute approximate surface area is 140 Å². The molecule has 2 aromatic heterocycles. The number of hydrogen-bond acceptors (Lipinski definition) is 3. The number of fused-ring (bicyclic) bond motifs is 1. The second kappa shape index (κ2) is 6.66. The molecule has 3 rings (SSSR count). The maximum atomic E-state index is 12.9. The van der Waals surface area contributed by atoms with Crippen molar-refractivity contribution in [1.29, 1.82) is 0 Å². The van der Waals surface area contributed by atoms with Crippen LogP contribution in [-0.4, -0.2) is 26.9 Å². The molecule has 0 atom stereocenters. The number of benzene rings is 1. The summed E-state index contributed by atoms with van der Waals surface area (Å²) < 4.78 is 1.43. The van der Waals surface area contributed by atoms with Crippen LogP contribution in [-0.2, 0) is 13.6 Å². The van der Waals surface area contributed by atoms with Crippen LogP contribution in [0.15, 0.2) is 59.5 Å². The smallest absolute Gasteiger partial charge is 0.264 e. The minimum Gasteiger partial charge on any atom is -0.334 e. The molecule has 1 aromatic carbocycles. The molecule has 24 heavy (non-hydrogen) atoms. The Bertz CT molecular complexity index is 932. The van der Waals surface area contributed by atoms with Gasteiger partial charge in [0.25, 0.3) is 11.5 Å². The van der Waals surface area contributed by atoms with Gasteiger partial charge in [0.2, 0.25) is 0 Å². The van der Waals surface area contributed by atoms with E-state index in [2.05, 4.69) is 4.98 Å². The highest BCUT2D eigenvalue weighted by atomic mass is 16.2. The van der Waals surface area contributed by atoms with Crippen molar-refractivity contribution in [1.82, 2.24) is 14.5 Å². The molecule has 0 aliphatic heterocycles. The molecule has 5 nitrogen and oxygen atoms in total. The number of hydrogen-bond donors (Lipinski definition) is 0. The number of nitrogens with zero attached hydrogens (tertiary/aromatic N) is 3. The van der Waals surface area contributed by atoms with Crippen molar-refractivity contribution in [3.05, 3.63) is 76.2 Å². The maximum absolute atomic E-state index is 12.9. The van der Waals surface area contributed by atoms with E-state index in [0.717, 1.165) is 10.9 Å². The van der Waals surface area contributed by atoms with Gasteiger partial charge in [-0.3, -0.25) is 14.2 Å². The van der Waals surface area contributed by atoms with E-state index in [9.17, 15) is 9.59 Å². The van der Waals surface area contributed by atoms with Crippen LogP contribution in [0.1, 0.15) is 22.8 Å². The van der Waals surface area contributed by atoms with Crippen LogP contribution in [0, 0.1) is 0 Å². The van der Waals surface area contributed by atoms with E-state index in [1.165, 1.54) is 4.57 Å². The summed E-state index contributed by atoms with van der Waals surface area (Å²) in [5.74, 6) is -0.257. The molecule has 0 saturated heterocycles. The lowest BCUT2D eigenvalue weighted by atomic mass is 10.1. The van der Waals surface area contributed by atoms with Crippen LogP contribution in [0.2, 0.25) is 0 Å². The van der Waals surface area contributed by atoms with Crippen molar-refractivity contribution < 1.29 is 4.79 Å². The number of carbonyl (C=O) groups is 1. The first-order chi connectivity index (χ1) is 11.6. The lowest BCUT2D eigenvalue weighted by Crippen LogP contribution is -2.36. The van der Waals surface area contributed by atoms with E-state index >= 15 is 0 Å². The van der Waals surface area contributed by atoms with Gasteiger partial charge in [-0.25, -0.2) is 4.98 Å². The fraction of sp³-hybridized carbons (Fsp3) is 0.211. The van der Waals surface area contributed by atoms with E-state index in [4.69, 9.17) is 0 Å². The third-order valence-electron chi connectivity index (χ3n) is 4.09. The van der Waals surface area contributed by atoms with Gasteiger partial charge in [0.1, 0.15) is 11.2 Å². The second-order valence-electron chi connectivity index (χ2n) is 5.64. The number of carbonyl (C=O) groups excluding carboxylic acids is 1. The van der Waals surface area contributed by atoms with Crippen LogP contribution in [0.5, 0.6) is 0 Å². The predicted molar refractivity (Wildman–Crippen MR) is 93.8 cm³/mol. The molecule has 0 aliphatic rings. The third kappa shape index (κ3) is 2.93. The Balaban J connectivity index is 2.00. The lowest BCUT2D eigenvalue weighted by molar-refractivity contribution is 0.0750. The van der Waals surface area contributed by atoms with E-state index in [1.807, 2.05) is 43.3 Å². The minimum atomic E-state index is -0.322. The summed E-state index contributed by atoms with van der Waals surface area (Å²) >= 11 is 0. The molecule has 2 heterocycles. The van der Waals surface area contributed by atoms with E-state index in [0.29, 0.717) is 18.7 Å². The van der Waals surface area contributed by atoms with E-state index in [1.54, 1.807) is 30.3 Å².